The van der Waals surface area contributed by atoms with Gasteiger partial charge in [0.15, 0.2) is 5.96 Å². The van der Waals surface area contributed by atoms with E-state index in [-0.39, 0.29) is 0 Å². The van der Waals surface area contributed by atoms with Crippen molar-refractivity contribution in [3.05, 3.63) is 48.0 Å². The van der Waals surface area contributed by atoms with Crippen LogP contribution in [0.1, 0.15) is 24.0 Å². The van der Waals surface area contributed by atoms with Gasteiger partial charge >= 0.3 is 0 Å². The molecule has 2 N–H and O–H groups in total. The van der Waals surface area contributed by atoms with Gasteiger partial charge in [0.05, 0.1) is 12.7 Å². The monoisotopic (exact) mass is 317 g/mol. The van der Waals surface area contributed by atoms with Crippen molar-refractivity contribution in [2.75, 3.05) is 26.8 Å². The van der Waals surface area contributed by atoms with Crippen molar-refractivity contribution in [1.82, 2.24) is 10.6 Å². The van der Waals surface area contributed by atoms with Crippen LogP contribution in [0.4, 0.5) is 0 Å². The van der Waals surface area contributed by atoms with Crippen molar-refractivity contribution in [1.29, 1.82) is 0 Å². The first-order valence-electron chi connectivity index (χ1n) is 8.14. The van der Waals surface area contributed by atoms with Crippen LogP contribution in [0.15, 0.2) is 41.9 Å². The summed E-state index contributed by atoms with van der Waals surface area (Å²) < 4.78 is 11.3. The van der Waals surface area contributed by atoms with Crippen LogP contribution in [0.25, 0.3) is 0 Å². The Morgan fingerprint density at radius 2 is 2.13 bits per heavy atom. The largest absolute Gasteiger partial charge is 0.381 e. The maximum Gasteiger partial charge on any atom is 0.191 e. The maximum absolute atomic E-state index is 5.98. The van der Waals surface area contributed by atoms with E-state index in [0.717, 1.165) is 38.6 Å². The van der Waals surface area contributed by atoms with Crippen molar-refractivity contribution in [3.63, 3.8) is 0 Å². The molecule has 1 aromatic carbocycles. The molecule has 5 heteroatoms. The van der Waals surface area contributed by atoms with Gasteiger partial charge in [-0.1, -0.05) is 30.3 Å². The van der Waals surface area contributed by atoms with Crippen LogP contribution in [0.5, 0.6) is 0 Å². The molecule has 1 saturated heterocycles. The smallest absolute Gasteiger partial charge is 0.191 e. The van der Waals surface area contributed by atoms with Crippen LogP contribution < -0.4 is 10.6 Å². The minimum Gasteiger partial charge on any atom is -0.381 e. The van der Waals surface area contributed by atoms with Gasteiger partial charge < -0.3 is 20.1 Å². The molecule has 1 aliphatic rings. The molecule has 126 valence electrons. The average Bonchev–Trinajstić information content (AvgIpc) is 2.61. The molecule has 0 spiro atoms. The van der Waals surface area contributed by atoms with Crippen molar-refractivity contribution in [2.45, 2.75) is 32.1 Å². The van der Waals surface area contributed by atoms with Crippen molar-refractivity contribution in [3.8, 4) is 0 Å². The van der Waals surface area contributed by atoms with Gasteiger partial charge in [-0.2, -0.15) is 0 Å². The van der Waals surface area contributed by atoms with Gasteiger partial charge in [0.25, 0.3) is 0 Å². The Balaban J connectivity index is 1.80. The Hall–Kier alpha value is -1.85. The highest BCUT2D eigenvalue weighted by molar-refractivity contribution is 5.79. The lowest BCUT2D eigenvalue weighted by molar-refractivity contribution is -0.0390. The summed E-state index contributed by atoms with van der Waals surface area (Å²) in [5, 5.41) is 6.44. The van der Waals surface area contributed by atoms with Gasteiger partial charge in [-0.25, -0.2) is 0 Å². The molecule has 1 heterocycles. The number of guanidine groups is 1. The zero-order chi connectivity index (χ0) is 16.3. The molecular formula is C18H27N3O2. The number of benzene rings is 1. The third kappa shape index (κ3) is 6.42. The third-order valence-corrected chi connectivity index (χ3v) is 3.74. The first kappa shape index (κ1) is 17.5. The topological polar surface area (TPSA) is 54.9 Å². The summed E-state index contributed by atoms with van der Waals surface area (Å²) in [4.78, 5) is 4.17. The molecule has 2 rings (SSSR count). The highest BCUT2D eigenvalue weighted by Gasteiger charge is 2.13. The zero-order valence-electron chi connectivity index (χ0n) is 13.9. The van der Waals surface area contributed by atoms with E-state index in [9.17, 15) is 0 Å². The highest BCUT2D eigenvalue weighted by atomic mass is 16.5. The van der Waals surface area contributed by atoms with Gasteiger partial charge in [0.2, 0.25) is 0 Å². The van der Waals surface area contributed by atoms with Gasteiger partial charge in [-0.15, -0.1) is 6.58 Å². The molecule has 23 heavy (non-hydrogen) atoms. The van der Waals surface area contributed by atoms with E-state index in [4.69, 9.17) is 9.47 Å². The third-order valence-electron chi connectivity index (χ3n) is 3.74. The lowest BCUT2D eigenvalue weighted by atomic mass is 10.1. The number of ether oxygens (including phenoxy) is 2. The Kier molecular flexibility index (Phi) is 7.63. The molecule has 0 aromatic heterocycles. The second-order valence-corrected chi connectivity index (χ2v) is 5.54. The van der Waals surface area contributed by atoms with Crippen molar-refractivity contribution >= 4 is 5.96 Å². The number of rotatable bonds is 7. The molecule has 0 aliphatic carbocycles. The fourth-order valence-corrected chi connectivity index (χ4v) is 2.46. The number of nitrogens with one attached hydrogen (secondary N) is 2. The zero-order valence-corrected chi connectivity index (χ0v) is 13.9. The molecule has 0 unspecified atom stereocenters. The lowest BCUT2D eigenvalue weighted by Crippen LogP contribution is -2.36. The fraction of sp³-hybridized carbons (Fsp3) is 0.500. The molecular weight excluding hydrogens is 290 g/mol. The maximum atomic E-state index is 5.98. The Bertz CT molecular complexity index is 511. The Morgan fingerprint density at radius 3 is 2.87 bits per heavy atom. The van der Waals surface area contributed by atoms with E-state index in [1.807, 2.05) is 0 Å². The summed E-state index contributed by atoms with van der Waals surface area (Å²) >= 11 is 0. The summed E-state index contributed by atoms with van der Waals surface area (Å²) in [6.45, 7) is 7.38. The van der Waals surface area contributed by atoms with E-state index >= 15 is 0 Å². The normalized spacial score (nSPS) is 16.1. The fourth-order valence-electron chi connectivity index (χ4n) is 2.46. The van der Waals surface area contributed by atoms with E-state index in [0.29, 0.717) is 19.3 Å². The standard InChI is InChI=1S/C18H27N3O2/c1-3-9-20-18(19-2)21-13-15-5-4-6-16(12-15)14-23-17-7-10-22-11-8-17/h3-6,12,17H,1,7-11,13-14H2,2H3,(H2,19,20,21). The summed E-state index contributed by atoms with van der Waals surface area (Å²) in [6, 6.07) is 8.45. The predicted octanol–water partition coefficient (Wildman–Crippen LogP) is 2.23. The summed E-state index contributed by atoms with van der Waals surface area (Å²) in [6.07, 6.45) is 4.12. The van der Waals surface area contributed by atoms with Gasteiger partial charge in [-0.3, -0.25) is 4.99 Å². The number of aliphatic imine (C=N–C) groups is 1. The molecule has 0 amide bonds. The van der Waals surface area contributed by atoms with E-state index < -0.39 is 0 Å². The van der Waals surface area contributed by atoms with Crippen LogP contribution >= 0.6 is 0 Å². The van der Waals surface area contributed by atoms with Crippen LogP contribution in [-0.4, -0.2) is 38.9 Å². The first-order valence-corrected chi connectivity index (χ1v) is 8.14. The quantitative estimate of drug-likeness (QED) is 0.460. The molecule has 0 saturated carbocycles. The van der Waals surface area contributed by atoms with E-state index in [1.165, 1.54) is 11.1 Å². The number of nitrogens with zero attached hydrogens (tertiary/aromatic N) is 1. The number of hydrogen-bond donors (Lipinski definition) is 2. The van der Waals surface area contributed by atoms with Crippen LogP contribution in [0.2, 0.25) is 0 Å². The molecule has 1 fully saturated rings. The predicted molar refractivity (Wildman–Crippen MR) is 93.5 cm³/mol. The summed E-state index contributed by atoms with van der Waals surface area (Å²) in [5.41, 5.74) is 2.41. The molecule has 0 atom stereocenters. The Labute approximate surface area is 138 Å². The second-order valence-electron chi connectivity index (χ2n) is 5.54. The lowest BCUT2D eigenvalue weighted by Gasteiger charge is -2.22. The Morgan fingerprint density at radius 1 is 1.35 bits per heavy atom. The minimum atomic E-state index is 0.326. The second kappa shape index (κ2) is 10.0. The summed E-state index contributed by atoms with van der Waals surface area (Å²) in [5.74, 6) is 0.772. The molecule has 1 aliphatic heterocycles. The molecule has 0 bridgehead atoms. The number of hydrogen-bond acceptors (Lipinski definition) is 3. The molecule has 0 radical (unpaired) electrons. The van der Waals surface area contributed by atoms with E-state index in [2.05, 4.69) is 46.5 Å². The van der Waals surface area contributed by atoms with Gasteiger partial charge in [-0.05, 0) is 24.0 Å². The van der Waals surface area contributed by atoms with Crippen molar-refractivity contribution in [2.24, 2.45) is 4.99 Å². The van der Waals surface area contributed by atoms with Crippen LogP contribution in [0.3, 0.4) is 0 Å². The van der Waals surface area contributed by atoms with Crippen molar-refractivity contribution < 1.29 is 9.47 Å². The summed E-state index contributed by atoms with van der Waals surface area (Å²) in [7, 11) is 1.76. The molecule has 1 aromatic rings. The van der Waals surface area contributed by atoms with Crippen LogP contribution in [0, 0.1) is 0 Å². The molecule has 5 nitrogen and oxygen atoms in total. The van der Waals surface area contributed by atoms with E-state index in [1.54, 1.807) is 13.1 Å². The average molecular weight is 317 g/mol. The van der Waals surface area contributed by atoms with Crippen LogP contribution in [-0.2, 0) is 22.6 Å². The van der Waals surface area contributed by atoms with Gasteiger partial charge in [0, 0.05) is 33.4 Å². The SMILES string of the molecule is C=CCNC(=NC)NCc1cccc(COC2CCOCC2)c1. The highest BCUT2D eigenvalue weighted by Crippen LogP contribution is 2.14. The minimum absolute atomic E-state index is 0.326. The van der Waals surface area contributed by atoms with Gasteiger partial charge in [0.1, 0.15) is 0 Å². The first-order chi connectivity index (χ1) is 11.3.